The van der Waals surface area contributed by atoms with E-state index in [2.05, 4.69) is 9.44 Å². The number of nitrogens with one attached hydrogen (secondary N) is 2. The molecule has 0 aliphatic heterocycles. The van der Waals surface area contributed by atoms with Crippen LogP contribution >= 0.6 is 0 Å². The van der Waals surface area contributed by atoms with Gasteiger partial charge in [0, 0.05) is 13.1 Å². The highest BCUT2D eigenvalue weighted by atomic mass is 32.2. The molecule has 0 aromatic rings. The SMILES string of the molecule is CNS(=O)(=O)N[C@@H]1CC[C@H]1O. The number of aliphatic hydroxyl groups excluding tert-OH is 1. The van der Waals surface area contributed by atoms with E-state index in [1.807, 2.05) is 0 Å². The lowest BCUT2D eigenvalue weighted by molar-refractivity contribution is 0.0611. The summed E-state index contributed by atoms with van der Waals surface area (Å²) >= 11 is 0. The average molecular weight is 180 g/mol. The Balaban J connectivity index is 2.42. The third kappa shape index (κ3) is 2.13. The van der Waals surface area contributed by atoms with E-state index in [1.54, 1.807) is 0 Å². The molecule has 0 heterocycles. The smallest absolute Gasteiger partial charge is 0.276 e. The first-order valence-corrected chi connectivity index (χ1v) is 4.92. The first-order valence-electron chi connectivity index (χ1n) is 3.44. The number of aliphatic hydroxyl groups is 1. The summed E-state index contributed by atoms with van der Waals surface area (Å²) in [5.74, 6) is 0. The molecule has 0 spiro atoms. The van der Waals surface area contributed by atoms with Crippen LogP contribution in [0.15, 0.2) is 0 Å². The van der Waals surface area contributed by atoms with E-state index in [-0.39, 0.29) is 6.04 Å². The molecule has 0 bridgehead atoms. The number of rotatable bonds is 3. The maximum atomic E-state index is 10.8. The predicted molar refractivity (Wildman–Crippen MR) is 40.1 cm³/mol. The molecule has 1 saturated carbocycles. The molecule has 0 aromatic carbocycles. The Morgan fingerprint density at radius 1 is 1.45 bits per heavy atom. The lowest BCUT2D eigenvalue weighted by atomic mass is 9.90. The van der Waals surface area contributed by atoms with Gasteiger partial charge in [0.2, 0.25) is 0 Å². The molecule has 0 saturated heterocycles. The first-order chi connectivity index (χ1) is 5.05. The van der Waals surface area contributed by atoms with Crippen molar-refractivity contribution >= 4 is 10.2 Å². The van der Waals surface area contributed by atoms with Crippen molar-refractivity contribution in [2.45, 2.75) is 25.0 Å². The Hall–Kier alpha value is -0.170. The fourth-order valence-electron chi connectivity index (χ4n) is 0.878. The van der Waals surface area contributed by atoms with E-state index < -0.39 is 16.3 Å². The van der Waals surface area contributed by atoms with Crippen molar-refractivity contribution in [3.05, 3.63) is 0 Å². The minimum Gasteiger partial charge on any atom is -0.391 e. The molecule has 5 nitrogen and oxygen atoms in total. The summed E-state index contributed by atoms with van der Waals surface area (Å²) < 4.78 is 26.0. The second kappa shape index (κ2) is 3.06. The number of hydrogen-bond donors (Lipinski definition) is 3. The topological polar surface area (TPSA) is 78.4 Å². The van der Waals surface area contributed by atoms with Gasteiger partial charge < -0.3 is 5.11 Å². The zero-order chi connectivity index (χ0) is 8.48. The first kappa shape index (κ1) is 8.92. The molecule has 0 amide bonds. The minimum absolute atomic E-state index is 0.299. The summed E-state index contributed by atoms with van der Waals surface area (Å²) in [4.78, 5) is 0. The lowest BCUT2D eigenvalue weighted by Crippen LogP contribution is -2.52. The maximum absolute atomic E-state index is 10.8. The van der Waals surface area contributed by atoms with Crippen molar-refractivity contribution in [1.29, 1.82) is 0 Å². The fraction of sp³-hybridized carbons (Fsp3) is 1.00. The third-order valence-electron chi connectivity index (χ3n) is 1.81. The summed E-state index contributed by atoms with van der Waals surface area (Å²) in [6.45, 7) is 0. The molecule has 0 radical (unpaired) electrons. The molecule has 6 heteroatoms. The fourth-order valence-corrected chi connectivity index (χ4v) is 1.67. The monoisotopic (exact) mass is 180 g/mol. The predicted octanol–water partition coefficient (Wildman–Crippen LogP) is -1.44. The van der Waals surface area contributed by atoms with Crippen molar-refractivity contribution in [1.82, 2.24) is 9.44 Å². The average Bonchev–Trinajstić information content (AvgIpc) is 1.98. The van der Waals surface area contributed by atoms with Crippen LogP contribution in [-0.2, 0) is 10.2 Å². The van der Waals surface area contributed by atoms with E-state index in [4.69, 9.17) is 5.11 Å². The zero-order valence-corrected chi connectivity index (χ0v) is 7.06. The van der Waals surface area contributed by atoms with Crippen LogP contribution in [0.3, 0.4) is 0 Å². The largest absolute Gasteiger partial charge is 0.391 e. The Kier molecular flexibility index (Phi) is 2.48. The van der Waals surface area contributed by atoms with Gasteiger partial charge in [-0.1, -0.05) is 0 Å². The van der Waals surface area contributed by atoms with Crippen LogP contribution in [0.5, 0.6) is 0 Å². The highest BCUT2D eigenvalue weighted by Crippen LogP contribution is 2.19. The van der Waals surface area contributed by atoms with Gasteiger partial charge in [-0.2, -0.15) is 13.1 Å². The zero-order valence-electron chi connectivity index (χ0n) is 6.24. The van der Waals surface area contributed by atoms with Crippen molar-refractivity contribution in [3.8, 4) is 0 Å². The molecule has 3 N–H and O–H groups in total. The molecule has 0 unspecified atom stereocenters. The Morgan fingerprint density at radius 2 is 2.09 bits per heavy atom. The van der Waals surface area contributed by atoms with E-state index in [0.29, 0.717) is 12.8 Å². The quantitative estimate of drug-likeness (QED) is 0.498. The molecule has 1 aliphatic carbocycles. The normalized spacial score (nSPS) is 31.5. The number of hydrogen-bond acceptors (Lipinski definition) is 3. The molecule has 11 heavy (non-hydrogen) atoms. The van der Waals surface area contributed by atoms with Gasteiger partial charge in [0.25, 0.3) is 10.2 Å². The van der Waals surface area contributed by atoms with E-state index in [9.17, 15) is 8.42 Å². The molecule has 1 aliphatic rings. The van der Waals surface area contributed by atoms with Gasteiger partial charge in [0.1, 0.15) is 0 Å². The summed E-state index contributed by atoms with van der Waals surface area (Å²) in [5.41, 5.74) is 0. The molecule has 2 atom stereocenters. The summed E-state index contributed by atoms with van der Waals surface area (Å²) in [6.07, 6.45) is 0.872. The van der Waals surface area contributed by atoms with Crippen LogP contribution in [0.4, 0.5) is 0 Å². The van der Waals surface area contributed by atoms with Crippen LogP contribution in [0.1, 0.15) is 12.8 Å². The van der Waals surface area contributed by atoms with E-state index in [1.165, 1.54) is 7.05 Å². The minimum atomic E-state index is -3.37. The summed E-state index contributed by atoms with van der Waals surface area (Å²) in [5, 5.41) is 9.01. The van der Waals surface area contributed by atoms with Crippen LogP contribution < -0.4 is 9.44 Å². The second-order valence-electron chi connectivity index (χ2n) is 2.58. The molecule has 1 rings (SSSR count). The maximum Gasteiger partial charge on any atom is 0.276 e. The highest BCUT2D eigenvalue weighted by Gasteiger charge is 2.31. The van der Waals surface area contributed by atoms with E-state index >= 15 is 0 Å². The molecular weight excluding hydrogens is 168 g/mol. The van der Waals surface area contributed by atoms with Gasteiger partial charge in [0.15, 0.2) is 0 Å². The lowest BCUT2D eigenvalue weighted by Gasteiger charge is -2.32. The van der Waals surface area contributed by atoms with Crippen molar-refractivity contribution < 1.29 is 13.5 Å². The molecular formula is C5H12N2O3S. The Labute approximate surface area is 66.0 Å². The van der Waals surface area contributed by atoms with Gasteiger partial charge in [-0.15, -0.1) is 0 Å². The van der Waals surface area contributed by atoms with Crippen molar-refractivity contribution in [2.75, 3.05) is 7.05 Å². The van der Waals surface area contributed by atoms with E-state index in [0.717, 1.165) is 0 Å². The molecule has 66 valence electrons. The van der Waals surface area contributed by atoms with Gasteiger partial charge in [0.05, 0.1) is 6.10 Å². The molecule has 1 fully saturated rings. The van der Waals surface area contributed by atoms with Gasteiger partial charge in [-0.25, -0.2) is 4.72 Å². The Bertz CT molecular complexity index is 226. The summed E-state index contributed by atoms with van der Waals surface area (Å²) in [6, 6.07) is -0.299. The molecule has 0 aromatic heterocycles. The van der Waals surface area contributed by atoms with Crippen LogP contribution in [-0.4, -0.2) is 32.7 Å². The highest BCUT2D eigenvalue weighted by molar-refractivity contribution is 7.87. The third-order valence-corrected chi connectivity index (χ3v) is 2.96. The van der Waals surface area contributed by atoms with Crippen LogP contribution in [0, 0.1) is 0 Å². The van der Waals surface area contributed by atoms with Gasteiger partial charge in [-0.05, 0) is 12.8 Å². The van der Waals surface area contributed by atoms with Crippen molar-refractivity contribution in [3.63, 3.8) is 0 Å². The standard InChI is InChI=1S/C5H12N2O3S/c1-6-11(9,10)7-4-2-3-5(4)8/h4-8H,2-3H2,1H3/t4-,5-/m1/s1. The second-order valence-corrected chi connectivity index (χ2v) is 4.23. The van der Waals surface area contributed by atoms with Gasteiger partial charge in [-0.3, -0.25) is 0 Å². The Morgan fingerprint density at radius 3 is 2.36 bits per heavy atom. The van der Waals surface area contributed by atoms with Crippen LogP contribution in [0.25, 0.3) is 0 Å². The van der Waals surface area contributed by atoms with Crippen molar-refractivity contribution in [2.24, 2.45) is 0 Å². The summed E-state index contributed by atoms with van der Waals surface area (Å²) in [7, 11) is -2.05. The van der Waals surface area contributed by atoms with Gasteiger partial charge >= 0.3 is 0 Å². The van der Waals surface area contributed by atoms with Crippen LogP contribution in [0.2, 0.25) is 0 Å².